The van der Waals surface area contributed by atoms with Crippen LogP contribution in [0.1, 0.15) is 17.8 Å². The number of amides is 2. The van der Waals surface area contributed by atoms with Crippen LogP contribution in [0.25, 0.3) is 0 Å². The maximum Gasteiger partial charge on any atom is 0.241 e. The van der Waals surface area contributed by atoms with Crippen molar-refractivity contribution in [2.75, 3.05) is 20.6 Å². The number of hydrogen-bond acceptors (Lipinski definition) is 3. The fourth-order valence-electron chi connectivity index (χ4n) is 1.55. The molecule has 1 aromatic rings. The third kappa shape index (κ3) is 4.24. The van der Waals surface area contributed by atoms with E-state index in [1.165, 1.54) is 4.90 Å². The van der Waals surface area contributed by atoms with Gasteiger partial charge >= 0.3 is 0 Å². The maximum absolute atomic E-state index is 11.7. The summed E-state index contributed by atoms with van der Waals surface area (Å²) in [5.41, 5.74) is 1.47. The molecule has 0 aromatic carbocycles. The van der Waals surface area contributed by atoms with Crippen LogP contribution < -0.4 is 5.32 Å². The normalized spacial score (nSPS) is 10.4. The average Bonchev–Trinajstić information content (AvgIpc) is 2.56. The zero-order valence-electron chi connectivity index (χ0n) is 11.7. The van der Waals surface area contributed by atoms with Gasteiger partial charge in [0.25, 0.3) is 0 Å². The third-order valence-electron chi connectivity index (χ3n) is 2.75. The van der Waals surface area contributed by atoms with Crippen LogP contribution in [-0.4, -0.2) is 47.1 Å². The molecule has 0 spiro atoms. The maximum atomic E-state index is 11.7. The van der Waals surface area contributed by atoms with Gasteiger partial charge in [0.15, 0.2) is 0 Å². The van der Waals surface area contributed by atoms with Crippen LogP contribution >= 0.6 is 11.6 Å². The topological polar surface area (TPSA) is 67.2 Å². The zero-order valence-corrected chi connectivity index (χ0v) is 12.4. The lowest BCUT2D eigenvalue weighted by Gasteiger charge is -2.10. The van der Waals surface area contributed by atoms with Crippen molar-refractivity contribution < 1.29 is 9.59 Å². The largest absolute Gasteiger partial charge is 0.354 e. The highest BCUT2D eigenvalue weighted by Crippen LogP contribution is 2.18. The van der Waals surface area contributed by atoms with Crippen LogP contribution in [0.2, 0.25) is 5.02 Å². The highest BCUT2D eigenvalue weighted by molar-refractivity contribution is 6.31. The summed E-state index contributed by atoms with van der Waals surface area (Å²) in [7, 11) is 3.37. The Morgan fingerprint density at radius 1 is 1.37 bits per heavy atom. The molecule has 0 unspecified atom stereocenters. The molecule has 0 aliphatic rings. The molecule has 0 aliphatic heterocycles. The summed E-state index contributed by atoms with van der Waals surface area (Å²) in [6.45, 7) is 4.03. The van der Waals surface area contributed by atoms with E-state index in [4.69, 9.17) is 11.6 Å². The highest BCUT2D eigenvalue weighted by Gasteiger charge is 2.12. The second kappa shape index (κ2) is 6.56. The molecule has 1 rings (SSSR count). The van der Waals surface area contributed by atoms with E-state index in [1.807, 2.05) is 6.92 Å². The minimum atomic E-state index is -0.186. The van der Waals surface area contributed by atoms with Crippen LogP contribution in [0.15, 0.2) is 0 Å². The highest BCUT2D eigenvalue weighted by atomic mass is 35.5. The molecule has 2 amide bonds. The van der Waals surface area contributed by atoms with Crippen molar-refractivity contribution in [3.63, 3.8) is 0 Å². The lowest BCUT2D eigenvalue weighted by atomic mass is 10.3. The molecule has 0 bridgehead atoms. The number of aryl methyl sites for hydroxylation is 1. The van der Waals surface area contributed by atoms with Gasteiger partial charge in [-0.05, 0) is 13.8 Å². The summed E-state index contributed by atoms with van der Waals surface area (Å²) in [5, 5.41) is 7.43. The molecule has 0 saturated carbocycles. The second-order valence-electron chi connectivity index (χ2n) is 4.53. The van der Waals surface area contributed by atoms with Crippen molar-refractivity contribution in [1.29, 1.82) is 0 Å². The van der Waals surface area contributed by atoms with Gasteiger partial charge in [0.05, 0.1) is 16.4 Å². The Bertz CT molecular complexity index is 482. The van der Waals surface area contributed by atoms with Gasteiger partial charge in [-0.1, -0.05) is 11.6 Å². The van der Waals surface area contributed by atoms with E-state index in [0.29, 0.717) is 17.3 Å². The first-order valence-corrected chi connectivity index (χ1v) is 6.37. The van der Waals surface area contributed by atoms with Gasteiger partial charge in [-0.3, -0.25) is 14.3 Å². The number of hydrogen-bond donors (Lipinski definition) is 1. The molecule has 106 valence electrons. The van der Waals surface area contributed by atoms with Crippen LogP contribution in [0.5, 0.6) is 0 Å². The van der Waals surface area contributed by atoms with Gasteiger partial charge in [0.2, 0.25) is 11.8 Å². The van der Waals surface area contributed by atoms with Crippen molar-refractivity contribution in [2.24, 2.45) is 0 Å². The third-order valence-corrected chi connectivity index (χ3v) is 3.29. The van der Waals surface area contributed by atoms with Crippen molar-refractivity contribution in [3.8, 4) is 0 Å². The molecular weight excluding hydrogens is 268 g/mol. The summed E-state index contributed by atoms with van der Waals surface area (Å²) in [6.07, 6.45) is 0.288. The molecule has 1 N–H and O–H groups in total. The predicted octanol–water partition coefficient (Wildman–Crippen LogP) is 0.748. The average molecular weight is 287 g/mol. The van der Waals surface area contributed by atoms with Gasteiger partial charge < -0.3 is 10.2 Å². The summed E-state index contributed by atoms with van der Waals surface area (Å²) in [4.78, 5) is 24.5. The molecule has 1 heterocycles. The SMILES string of the molecule is Cc1nn(CC(=O)NCCC(=O)N(C)C)c(C)c1Cl. The van der Waals surface area contributed by atoms with E-state index in [-0.39, 0.29) is 24.8 Å². The molecular formula is C12H19ClN4O2. The van der Waals surface area contributed by atoms with Crippen molar-refractivity contribution in [3.05, 3.63) is 16.4 Å². The Morgan fingerprint density at radius 3 is 2.47 bits per heavy atom. The Morgan fingerprint density at radius 2 is 2.00 bits per heavy atom. The monoisotopic (exact) mass is 286 g/mol. The van der Waals surface area contributed by atoms with Gasteiger partial charge in [0.1, 0.15) is 6.54 Å². The fourth-order valence-corrected chi connectivity index (χ4v) is 1.69. The zero-order chi connectivity index (χ0) is 14.6. The number of aromatic nitrogens is 2. The number of nitrogens with zero attached hydrogens (tertiary/aromatic N) is 3. The number of carbonyl (C=O) groups is 2. The molecule has 0 fully saturated rings. The van der Waals surface area contributed by atoms with E-state index >= 15 is 0 Å². The molecule has 0 radical (unpaired) electrons. The molecule has 0 saturated heterocycles. The lowest BCUT2D eigenvalue weighted by molar-refractivity contribution is -0.128. The summed E-state index contributed by atoms with van der Waals surface area (Å²) < 4.78 is 1.56. The first kappa shape index (κ1) is 15.5. The van der Waals surface area contributed by atoms with Crippen LogP contribution in [0.4, 0.5) is 0 Å². The van der Waals surface area contributed by atoms with E-state index in [0.717, 1.165) is 5.69 Å². The first-order chi connectivity index (χ1) is 8.82. The van der Waals surface area contributed by atoms with Gasteiger partial charge in [-0.2, -0.15) is 5.10 Å². The van der Waals surface area contributed by atoms with E-state index in [2.05, 4.69) is 10.4 Å². The van der Waals surface area contributed by atoms with Crippen molar-refractivity contribution >= 4 is 23.4 Å². The molecule has 0 aliphatic carbocycles. The van der Waals surface area contributed by atoms with E-state index in [9.17, 15) is 9.59 Å². The van der Waals surface area contributed by atoms with Crippen molar-refractivity contribution in [2.45, 2.75) is 26.8 Å². The van der Waals surface area contributed by atoms with Gasteiger partial charge in [-0.25, -0.2) is 0 Å². The Hall–Kier alpha value is -1.56. The molecule has 6 nitrogen and oxygen atoms in total. The summed E-state index contributed by atoms with van der Waals surface area (Å²) in [5.74, 6) is -0.205. The minimum Gasteiger partial charge on any atom is -0.354 e. The van der Waals surface area contributed by atoms with Gasteiger partial charge in [-0.15, -0.1) is 0 Å². The number of halogens is 1. The van der Waals surface area contributed by atoms with E-state index < -0.39 is 0 Å². The minimum absolute atomic E-state index is 0.0190. The predicted molar refractivity (Wildman–Crippen MR) is 73.0 cm³/mol. The Balaban J connectivity index is 2.43. The molecule has 1 aromatic heterocycles. The smallest absolute Gasteiger partial charge is 0.241 e. The summed E-state index contributed by atoms with van der Waals surface area (Å²) in [6, 6.07) is 0. The molecule has 7 heteroatoms. The first-order valence-electron chi connectivity index (χ1n) is 5.99. The molecule has 0 atom stereocenters. The number of rotatable bonds is 5. The van der Waals surface area contributed by atoms with Crippen molar-refractivity contribution in [1.82, 2.24) is 20.0 Å². The second-order valence-corrected chi connectivity index (χ2v) is 4.91. The van der Waals surface area contributed by atoms with Crippen LogP contribution in [0.3, 0.4) is 0 Å². The van der Waals surface area contributed by atoms with E-state index in [1.54, 1.807) is 25.7 Å². The lowest BCUT2D eigenvalue weighted by Crippen LogP contribution is -2.32. The number of carbonyl (C=O) groups excluding carboxylic acids is 2. The Kier molecular flexibility index (Phi) is 5.35. The van der Waals surface area contributed by atoms with Gasteiger partial charge in [0, 0.05) is 27.1 Å². The molecule has 19 heavy (non-hydrogen) atoms. The summed E-state index contributed by atoms with van der Waals surface area (Å²) >= 11 is 6.00. The number of nitrogens with one attached hydrogen (secondary N) is 1. The fraction of sp³-hybridized carbons (Fsp3) is 0.583. The van der Waals surface area contributed by atoms with Crippen LogP contribution in [-0.2, 0) is 16.1 Å². The standard InChI is InChI=1S/C12H19ClN4O2/c1-8-12(13)9(2)17(15-8)7-10(18)14-6-5-11(19)16(3)4/h5-7H2,1-4H3,(H,14,18). The quantitative estimate of drug-likeness (QED) is 0.868. The Labute approximate surface area is 117 Å². The van der Waals surface area contributed by atoms with Crippen LogP contribution in [0, 0.1) is 13.8 Å².